The van der Waals surface area contributed by atoms with Gasteiger partial charge in [-0.2, -0.15) is 0 Å². The van der Waals surface area contributed by atoms with Crippen LogP contribution in [-0.4, -0.2) is 71.7 Å². The van der Waals surface area contributed by atoms with Crippen LogP contribution in [0.3, 0.4) is 0 Å². The topological polar surface area (TPSA) is 70.1 Å². The molecule has 0 radical (unpaired) electrons. The van der Waals surface area contributed by atoms with E-state index in [9.17, 15) is 14.7 Å². The third-order valence-electron chi connectivity index (χ3n) is 6.32. The summed E-state index contributed by atoms with van der Waals surface area (Å²) in [6, 6.07) is 3.96. The van der Waals surface area contributed by atoms with Gasteiger partial charge in [-0.25, -0.2) is 0 Å². The second kappa shape index (κ2) is 7.89. The second-order valence-corrected chi connectivity index (χ2v) is 9.21. The van der Waals surface area contributed by atoms with Crippen LogP contribution in [0, 0.1) is 5.41 Å². The van der Waals surface area contributed by atoms with Crippen LogP contribution < -0.4 is 0 Å². The number of amides is 1. The molecule has 1 aromatic rings. The zero-order valence-corrected chi connectivity index (χ0v) is 16.5. The Bertz CT molecular complexity index is 662. The predicted octanol–water partition coefficient (Wildman–Crippen LogP) is 1.67. The highest BCUT2D eigenvalue weighted by Crippen LogP contribution is 2.43. The van der Waals surface area contributed by atoms with E-state index in [1.165, 1.54) is 0 Å². The number of piperidine rings is 2. The minimum Gasteiger partial charge on any atom is -0.461 e. The lowest BCUT2D eigenvalue weighted by atomic mass is 9.76. The molecule has 0 saturated carbocycles. The van der Waals surface area contributed by atoms with Crippen molar-refractivity contribution in [1.29, 1.82) is 0 Å². The molecule has 1 amide bonds. The predicted molar refractivity (Wildman–Crippen MR) is 102 cm³/mol. The third kappa shape index (κ3) is 4.20. The fraction of sp³-hybridized carbons (Fsp3) is 0.700. The van der Waals surface area contributed by atoms with Crippen LogP contribution in [0.1, 0.15) is 37.0 Å². The molecule has 0 bridgehead atoms. The van der Waals surface area contributed by atoms with Crippen molar-refractivity contribution in [1.82, 2.24) is 9.80 Å². The molecular formula is C20H28N2O4S. The molecule has 4 heterocycles. The third-order valence-corrected chi connectivity index (χ3v) is 7.20. The van der Waals surface area contributed by atoms with E-state index in [1.54, 1.807) is 11.3 Å². The molecule has 0 aliphatic carbocycles. The number of thiophene rings is 1. The molecule has 1 N–H and O–H groups in total. The molecule has 3 aliphatic rings. The molecule has 27 heavy (non-hydrogen) atoms. The van der Waals surface area contributed by atoms with Gasteiger partial charge in [0.05, 0.1) is 17.9 Å². The number of carbonyl (C=O) groups is 2. The summed E-state index contributed by atoms with van der Waals surface area (Å²) in [5, 5.41) is 11.6. The van der Waals surface area contributed by atoms with Gasteiger partial charge >= 0.3 is 5.97 Å². The normalized spacial score (nSPS) is 26.5. The first-order valence-electron chi connectivity index (χ1n) is 9.96. The number of esters is 1. The molecule has 7 heteroatoms. The SMILES string of the molecule is O=C(Cc1cccs1)N1CCC2(CC1)CC(CN1CCC(O)CC1)OC2=O. The van der Waals surface area contributed by atoms with Crippen LogP contribution in [-0.2, 0) is 20.7 Å². The van der Waals surface area contributed by atoms with Crippen molar-refractivity contribution in [3.63, 3.8) is 0 Å². The minimum atomic E-state index is -0.403. The van der Waals surface area contributed by atoms with Crippen LogP contribution in [0.4, 0.5) is 0 Å². The van der Waals surface area contributed by atoms with Crippen LogP contribution in [0.25, 0.3) is 0 Å². The molecule has 6 nitrogen and oxygen atoms in total. The molecular weight excluding hydrogens is 364 g/mol. The number of aliphatic hydroxyl groups excluding tert-OH is 1. The number of nitrogens with zero attached hydrogens (tertiary/aromatic N) is 2. The largest absolute Gasteiger partial charge is 0.461 e. The van der Waals surface area contributed by atoms with Gasteiger partial charge in [0.25, 0.3) is 0 Å². The van der Waals surface area contributed by atoms with E-state index < -0.39 is 5.41 Å². The summed E-state index contributed by atoms with van der Waals surface area (Å²) in [5.74, 6) is 0.0805. The summed E-state index contributed by atoms with van der Waals surface area (Å²) in [5.41, 5.74) is -0.403. The van der Waals surface area contributed by atoms with Crippen molar-refractivity contribution in [2.45, 2.75) is 50.7 Å². The highest BCUT2D eigenvalue weighted by atomic mass is 32.1. The van der Waals surface area contributed by atoms with Gasteiger partial charge in [0.2, 0.25) is 5.91 Å². The summed E-state index contributed by atoms with van der Waals surface area (Å²) < 4.78 is 5.72. The maximum absolute atomic E-state index is 12.6. The van der Waals surface area contributed by atoms with Gasteiger partial charge in [-0.05, 0) is 37.1 Å². The van der Waals surface area contributed by atoms with Gasteiger partial charge in [0, 0.05) is 44.0 Å². The molecule has 3 aliphatic heterocycles. The number of ether oxygens (including phenoxy) is 1. The Morgan fingerprint density at radius 3 is 2.67 bits per heavy atom. The number of rotatable bonds is 4. The Morgan fingerprint density at radius 1 is 1.26 bits per heavy atom. The van der Waals surface area contributed by atoms with Crippen molar-refractivity contribution >= 4 is 23.2 Å². The summed E-state index contributed by atoms with van der Waals surface area (Å²) in [7, 11) is 0. The van der Waals surface area contributed by atoms with Crippen molar-refractivity contribution in [3.05, 3.63) is 22.4 Å². The van der Waals surface area contributed by atoms with E-state index in [4.69, 9.17) is 4.74 Å². The average Bonchev–Trinajstić information content (AvgIpc) is 3.26. The zero-order chi connectivity index (χ0) is 18.9. The standard InChI is InChI=1S/C20H28N2O4S/c23-15-3-7-21(8-4-15)14-16-13-20(19(25)26-16)5-9-22(10-6-20)18(24)12-17-2-1-11-27-17/h1-2,11,15-16,23H,3-10,12-14H2. The number of likely N-dealkylation sites (tertiary alicyclic amines) is 2. The van der Waals surface area contributed by atoms with Gasteiger partial charge in [0.15, 0.2) is 0 Å². The first-order valence-corrected chi connectivity index (χ1v) is 10.8. The quantitative estimate of drug-likeness (QED) is 0.790. The van der Waals surface area contributed by atoms with Crippen LogP contribution in [0.15, 0.2) is 17.5 Å². The van der Waals surface area contributed by atoms with Gasteiger partial charge in [-0.1, -0.05) is 6.07 Å². The van der Waals surface area contributed by atoms with Crippen LogP contribution in [0.5, 0.6) is 0 Å². The summed E-state index contributed by atoms with van der Waals surface area (Å²) in [4.78, 5) is 30.4. The molecule has 3 saturated heterocycles. The lowest BCUT2D eigenvalue weighted by molar-refractivity contribution is -0.152. The fourth-order valence-corrected chi connectivity index (χ4v) is 5.29. The van der Waals surface area contributed by atoms with E-state index in [0.717, 1.165) is 43.8 Å². The summed E-state index contributed by atoms with van der Waals surface area (Å²) in [6.45, 7) is 3.78. The minimum absolute atomic E-state index is 0.0545. The van der Waals surface area contributed by atoms with Gasteiger partial charge in [-0.15, -0.1) is 11.3 Å². The highest BCUT2D eigenvalue weighted by Gasteiger charge is 2.51. The van der Waals surface area contributed by atoms with Crippen molar-refractivity contribution in [2.75, 3.05) is 32.7 Å². The average molecular weight is 393 g/mol. The van der Waals surface area contributed by atoms with E-state index in [-0.39, 0.29) is 24.1 Å². The van der Waals surface area contributed by atoms with Crippen LogP contribution in [0.2, 0.25) is 0 Å². The highest BCUT2D eigenvalue weighted by molar-refractivity contribution is 7.10. The molecule has 4 rings (SSSR count). The molecule has 1 atom stereocenters. The van der Waals surface area contributed by atoms with Gasteiger partial charge < -0.3 is 14.7 Å². The van der Waals surface area contributed by atoms with E-state index in [1.807, 2.05) is 22.4 Å². The van der Waals surface area contributed by atoms with E-state index >= 15 is 0 Å². The van der Waals surface area contributed by atoms with Crippen molar-refractivity contribution in [2.24, 2.45) is 5.41 Å². The molecule has 1 aromatic heterocycles. The maximum atomic E-state index is 12.6. The monoisotopic (exact) mass is 392 g/mol. The molecule has 3 fully saturated rings. The van der Waals surface area contributed by atoms with Crippen LogP contribution >= 0.6 is 11.3 Å². The zero-order valence-electron chi connectivity index (χ0n) is 15.6. The number of aliphatic hydroxyl groups is 1. The number of cyclic esters (lactones) is 1. The first-order chi connectivity index (χ1) is 13.0. The number of hydrogen-bond acceptors (Lipinski definition) is 6. The van der Waals surface area contributed by atoms with Gasteiger partial charge in [-0.3, -0.25) is 14.5 Å². The lowest BCUT2D eigenvalue weighted by Crippen LogP contribution is -2.45. The smallest absolute Gasteiger partial charge is 0.312 e. The molecule has 1 spiro atoms. The van der Waals surface area contributed by atoms with Crippen molar-refractivity contribution in [3.8, 4) is 0 Å². The Morgan fingerprint density at radius 2 is 2.00 bits per heavy atom. The summed E-state index contributed by atoms with van der Waals surface area (Å²) >= 11 is 1.61. The fourth-order valence-electron chi connectivity index (χ4n) is 4.60. The lowest BCUT2D eigenvalue weighted by Gasteiger charge is -2.36. The molecule has 148 valence electrons. The number of carbonyl (C=O) groups excluding carboxylic acids is 2. The van der Waals surface area contributed by atoms with E-state index in [2.05, 4.69) is 4.90 Å². The second-order valence-electron chi connectivity index (χ2n) is 8.18. The Hall–Kier alpha value is -1.44. The molecule has 0 aromatic carbocycles. The number of hydrogen-bond donors (Lipinski definition) is 1. The Balaban J connectivity index is 1.28. The molecule has 1 unspecified atom stereocenters. The van der Waals surface area contributed by atoms with Crippen molar-refractivity contribution < 1.29 is 19.4 Å². The Labute approximate surface area is 164 Å². The Kier molecular flexibility index (Phi) is 5.53. The summed E-state index contributed by atoms with van der Waals surface area (Å²) in [6.07, 6.45) is 3.99. The first kappa shape index (κ1) is 18.9. The van der Waals surface area contributed by atoms with Gasteiger partial charge in [0.1, 0.15) is 6.10 Å². The van der Waals surface area contributed by atoms with E-state index in [0.29, 0.717) is 32.4 Å². The maximum Gasteiger partial charge on any atom is 0.312 e.